The molecule has 0 unspecified atom stereocenters. The smallest absolute Gasteiger partial charge is 0.314 e. The minimum atomic E-state index is -2.89. The standard InChI is InChI=1S/C27H28F4N6O2/c28-18-4-3-7-21(10-18)37(12-19-9-8-17(11-32-19)24-33-34-25(39-24)23(29)30)26(38)27(31)15-36(16-27)22-13-35(14-22)20-5-1-2-6-20/h3-4,7-11,20,22-23H,1-2,5-6,12-16H2. The molecule has 3 aliphatic rings. The highest BCUT2D eigenvalue weighted by Gasteiger charge is 2.55. The molecule has 3 aromatic rings. The van der Waals surface area contributed by atoms with Gasteiger partial charge in [-0.3, -0.25) is 19.6 Å². The van der Waals surface area contributed by atoms with Crippen LogP contribution in [-0.2, 0) is 11.3 Å². The molecule has 2 saturated heterocycles. The summed E-state index contributed by atoms with van der Waals surface area (Å²) in [6, 6.07) is 9.39. The number of carbonyl (C=O) groups is 1. The number of likely N-dealkylation sites (tertiary alicyclic amines) is 2. The van der Waals surface area contributed by atoms with Gasteiger partial charge in [-0.05, 0) is 43.2 Å². The quantitative estimate of drug-likeness (QED) is 0.389. The highest BCUT2D eigenvalue weighted by molar-refractivity contribution is 6.00. The summed E-state index contributed by atoms with van der Waals surface area (Å²) < 4.78 is 60.4. The van der Waals surface area contributed by atoms with E-state index in [1.807, 2.05) is 4.90 Å². The molecular formula is C27H28F4N6O2. The van der Waals surface area contributed by atoms with Gasteiger partial charge in [0, 0.05) is 50.1 Å². The van der Waals surface area contributed by atoms with Crippen LogP contribution in [0.15, 0.2) is 47.0 Å². The molecule has 0 atom stereocenters. The number of halogens is 4. The first-order valence-corrected chi connectivity index (χ1v) is 13.1. The number of amides is 1. The van der Waals surface area contributed by atoms with E-state index in [1.54, 1.807) is 12.1 Å². The Labute approximate surface area is 222 Å². The van der Waals surface area contributed by atoms with Gasteiger partial charge in [-0.25, -0.2) is 8.78 Å². The molecular weight excluding hydrogens is 516 g/mol. The predicted molar refractivity (Wildman–Crippen MR) is 133 cm³/mol. The maximum absolute atomic E-state index is 15.9. The minimum absolute atomic E-state index is 0.00315. The van der Waals surface area contributed by atoms with Gasteiger partial charge in [0.1, 0.15) is 5.82 Å². The van der Waals surface area contributed by atoms with Crippen molar-refractivity contribution in [3.8, 4) is 11.5 Å². The number of rotatable bonds is 8. The Bertz CT molecular complexity index is 1320. The van der Waals surface area contributed by atoms with Crippen LogP contribution < -0.4 is 4.90 Å². The van der Waals surface area contributed by atoms with E-state index in [1.165, 1.54) is 61.0 Å². The van der Waals surface area contributed by atoms with Crippen molar-refractivity contribution in [2.45, 2.75) is 56.4 Å². The molecule has 12 heteroatoms. The first-order chi connectivity index (χ1) is 18.8. The number of alkyl halides is 3. The zero-order valence-electron chi connectivity index (χ0n) is 21.1. The molecule has 39 heavy (non-hydrogen) atoms. The lowest BCUT2D eigenvalue weighted by molar-refractivity contribution is -0.151. The summed E-state index contributed by atoms with van der Waals surface area (Å²) in [7, 11) is 0. The lowest BCUT2D eigenvalue weighted by Crippen LogP contribution is -2.74. The molecule has 0 N–H and O–H groups in total. The number of carbonyl (C=O) groups excluding carboxylic acids is 1. The second kappa shape index (κ2) is 10.3. The van der Waals surface area contributed by atoms with Crippen molar-refractivity contribution in [2.75, 3.05) is 31.1 Å². The maximum Gasteiger partial charge on any atom is 0.314 e. The molecule has 1 amide bonds. The van der Waals surface area contributed by atoms with E-state index in [2.05, 4.69) is 20.1 Å². The van der Waals surface area contributed by atoms with Crippen LogP contribution in [0.5, 0.6) is 0 Å². The molecule has 0 spiro atoms. The highest BCUT2D eigenvalue weighted by atomic mass is 19.3. The van der Waals surface area contributed by atoms with Crippen molar-refractivity contribution in [1.82, 2.24) is 25.0 Å². The monoisotopic (exact) mass is 544 g/mol. The zero-order valence-corrected chi connectivity index (χ0v) is 21.1. The van der Waals surface area contributed by atoms with Crippen molar-refractivity contribution in [3.63, 3.8) is 0 Å². The lowest BCUT2D eigenvalue weighted by Gasteiger charge is -2.55. The van der Waals surface area contributed by atoms with E-state index < -0.39 is 29.7 Å². The van der Waals surface area contributed by atoms with Gasteiger partial charge >= 0.3 is 6.43 Å². The van der Waals surface area contributed by atoms with Gasteiger partial charge in [0.25, 0.3) is 11.8 Å². The Morgan fingerprint density at radius 2 is 1.85 bits per heavy atom. The molecule has 0 radical (unpaired) electrons. The number of anilines is 1. The van der Waals surface area contributed by atoms with E-state index in [9.17, 15) is 18.0 Å². The van der Waals surface area contributed by atoms with E-state index in [0.29, 0.717) is 17.3 Å². The zero-order chi connectivity index (χ0) is 27.1. The number of benzene rings is 1. The Hall–Kier alpha value is -3.38. The Morgan fingerprint density at radius 3 is 2.49 bits per heavy atom. The second-order valence-corrected chi connectivity index (χ2v) is 10.6. The van der Waals surface area contributed by atoms with Gasteiger partial charge in [0.2, 0.25) is 11.6 Å². The fourth-order valence-corrected chi connectivity index (χ4v) is 5.69. The fraction of sp³-hybridized carbons (Fsp3) is 0.481. The van der Waals surface area contributed by atoms with Crippen molar-refractivity contribution >= 4 is 11.6 Å². The summed E-state index contributed by atoms with van der Waals surface area (Å²) in [5, 5.41) is 6.89. The summed E-state index contributed by atoms with van der Waals surface area (Å²) in [5.74, 6) is -2.22. The molecule has 2 aliphatic heterocycles. The highest BCUT2D eigenvalue weighted by Crippen LogP contribution is 2.36. The van der Waals surface area contributed by atoms with Crippen molar-refractivity contribution in [2.24, 2.45) is 0 Å². The Morgan fingerprint density at radius 1 is 1.08 bits per heavy atom. The third-order valence-corrected chi connectivity index (χ3v) is 7.92. The fourth-order valence-electron chi connectivity index (χ4n) is 5.69. The van der Waals surface area contributed by atoms with Gasteiger partial charge in [0.15, 0.2) is 0 Å². The summed E-state index contributed by atoms with van der Waals surface area (Å²) in [6.07, 6.45) is 3.43. The molecule has 1 aromatic carbocycles. The normalized spacial score (nSPS) is 20.2. The van der Waals surface area contributed by atoms with Crippen LogP contribution in [0.4, 0.5) is 23.2 Å². The topological polar surface area (TPSA) is 78.6 Å². The second-order valence-electron chi connectivity index (χ2n) is 10.6. The Balaban J connectivity index is 1.14. The van der Waals surface area contributed by atoms with Crippen LogP contribution in [0.2, 0.25) is 0 Å². The molecule has 206 valence electrons. The molecule has 8 nitrogen and oxygen atoms in total. The van der Waals surface area contributed by atoms with E-state index in [0.717, 1.165) is 13.1 Å². The number of aromatic nitrogens is 3. The van der Waals surface area contributed by atoms with E-state index >= 15 is 4.39 Å². The van der Waals surface area contributed by atoms with Gasteiger partial charge in [-0.2, -0.15) is 8.78 Å². The molecule has 1 aliphatic carbocycles. The first-order valence-electron chi connectivity index (χ1n) is 13.1. The van der Waals surface area contributed by atoms with Gasteiger partial charge < -0.3 is 9.32 Å². The van der Waals surface area contributed by atoms with Crippen molar-refractivity contribution in [3.05, 3.63) is 60.0 Å². The third kappa shape index (κ3) is 5.14. The van der Waals surface area contributed by atoms with Gasteiger partial charge in [-0.1, -0.05) is 18.9 Å². The first kappa shape index (κ1) is 25.9. The molecule has 6 rings (SSSR count). The number of pyridine rings is 1. The third-order valence-electron chi connectivity index (χ3n) is 7.92. The number of hydrogen-bond acceptors (Lipinski definition) is 7. The molecule has 0 bridgehead atoms. The van der Waals surface area contributed by atoms with E-state index in [-0.39, 0.29) is 37.3 Å². The summed E-state index contributed by atoms with van der Waals surface area (Å²) in [6.45, 7) is 1.68. The van der Waals surface area contributed by atoms with Gasteiger partial charge in [-0.15, -0.1) is 10.2 Å². The summed E-state index contributed by atoms with van der Waals surface area (Å²) in [4.78, 5) is 23.5. The van der Waals surface area contributed by atoms with Crippen LogP contribution in [-0.4, -0.2) is 74.8 Å². The summed E-state index contributed by atoms with van der Waals surface area (Å²) >= 11 is 0. The molecule has 1 saturated carbocycles. The van der Waals surface area contributed by atoms with Crippen molar-refractivity contribution < 1.29 is 26.8 Å². The SMILES string of the molecule is O=C(N(Cc1ccc(-c2nnc(C(F)F)o2)cn1)c1cccc(F)c1)C1(F)CN(C2CN(C3CCCC3)C2)C1. The predicted octanol–water partition coefficient (Wildman–Crippen LogP) is 4.39. The maximum atomic E-state index is 15.9. The molecule has 3 fully saturated rings. The van der Waals surface area contributed by atoms with Crippen LogP contribution in [0, 0.1) is 5.82 Å². The van der Waals surface area contributed by atoms with Crippen LogP contribution >= 0.6 is 0 Å². The lowest BCUT2D eigenvalue weighted by atomic mass is 9.89. The minimum Gasteiger partial charge on any atom is -0.415 e. The largest absolute Gasteiger partial charge is 0.415 e. The van der Waals surface area contributed by atoms with Crippen LogP contribution in [0.25, 0.3) is 11.5 Å². The number of hydrogen-bond donors (Lipinski definition) is 0. The molecule has 2 aromatic heterocycles. The average Bonchev–Trinajstić information content (AvgIpc) is 3.58. The van der Waals surface area contributed by atoms with Gasteiger partial charge in [0.05, 0.1) is 17.8 Å². The molecule has 4 heterocycles. The van der Waals surface area contributed by atoms with Crippen LogP contribution in [0.3, 0.4) is 0 Å². The average molecular weight is 545 g/mol. The summed E-state index contributed by atoms with van der Waals surface area (Å²) in [5.41, 5.74) is -1.17. The van der Waals surface area contributed by atoms with Crippen LogP contribution in [0.1, 0.15) is 43.7 Å². The van der Waals surface area contributed by atoms with E-state index in [4.69, 9.17) is 4.42 Å². The number of nitrogens with zero attached hydrogens (tertiary/aromatic N) is 6. The Kier molecular flexibility index (Phi) is 6.84. The van der Waals surface area contributed by atoms with Crippen molar-refractivity contribution in [1.29, 1.82) is 0 Å².